The molecular weight excluding hydrogens is 160 g/mol. The van der Waals surface area contributed by atoms with Gasteiger partial charge in [0.2, 0.25) is 0 Å². The monoisotopic (exact) mass is 180 g/mol. The van der Waals surface area contributed by atoms with E-state index < -0.39 is 0 Å². The zero-order valence-corrected chi connectivity index (χ0v) is 8.28. The van der Waals surface area contributed by atoms with Crippen molar-refractivity contribution in [2.75, 3.05) is 6.61 Å². The van der Waals surface area contributed by atoms with Gasteiger partial charge in [-0.1, -0.05) is 25.0 Å². The van der Waals surface area contributed by atoms with Crippen molar-refractivity contribution < 1.29 is 5.11 Å². The third kappa shape index (κ3) is 2.57. The first kappa shape index (κ1) is 9.26. The average molecular weight is 180 g/mol. The van der Waals surface area contributed by atoms with Crippen LogP contribution < -0.4 is 0 Å². The van der Waals surface area contributed by atoms with Crippen LogP contribution in [0.2, 0.25) is 0 Å². The van der Waals surface area contributed by atoms with Gasteiger partial charge in [-0.15, -0.1) is 0 Å². The fourth-order valence-electron chi connectivity index (χ4n) is 2.30. The standard InChI is InChI=1S/C12H20O/c13-9-12-4-2-1-3-11(12)8-7-10-5-6-10/h7-8,10-13H,1-6,9H2/b8-7+. The minimum Gasteiger partial charge on any atom is -0.396 e. The maximum absolute atomic E-state index is 9.21. The van der Waals surface area contributed by atoms with Gasteiger partial charge in [-0.25, -0.2) is 0 Å². The largest absolute Gasteiger partial charge is 0.396 e. The molecule has 2 aliphatic carbocycles. The van der Waals surface area contributed by atoms with E-state index in [0.717, 1.165) is 5.92 Å². The highest BCUT2D eigenvalue weighted by atomic mass is 16.3. The minimum absolute atomic E-state index is 0.389. The van der Waals surface area contributed by atoms with E-state index in [1.165, 1.54) is 38.5 Å². The molecule has 0 spiro atoms. The van der Waals surface area contributed by atoms with Gasteiger partial charge in [0.05, 0.1) is 0 Å². The van der Waals surface area contributed by atoms with Crippen molar-refractivity contribution >= 4 is 0 Å². The molecule has 2 unspecified atom stereocenters. The van der Waals surface area contributed by atoms with Gasteiger partial charge in [-0.05, 0) is 43.4 Å². The third-order valence-corrected chi connectivity index (χ3v) is 3.45. The third-order valence-electron chi connectivity index (χ3n) is 3.45. The first-order valence-electron chi connectivity index (χ1n) is 5.69. The summed E-state index contributed by atoms with van der Waals surface area (Å²) in [7, 11) is 0. The van der Waals surface area contributed by atoms with Crippen LogP contribution in [0, 0.1) is 17.8 Å². The molecule has 1 N–H and O–H groups in total. The van der Waals surface area contributed by atoms with Crippen molar-refractivity contribution in [2.45, 2.75) is 38.5 Å². The molecule has 2 rings (SSSR count). The molecule has 0 bridgehead atoms. The van der Waals surface area contributed by atoms with Crippen LogP contribution in [0.1, 0.15) is 38.5 Å². The van der Waals surface area contributed by atoms with Crippen LogP contribution in [-0.4, -0.2) is 11.7 Å². The topological polar surface area (TPSA) is 20.2 Å². The maximum Gasteiger partial charge on any atom is 0.0464 e. The molecule has 0 heterocycles. The van der Waals surface area contributed by atoms with Gasteiger partial charge < -0.3 is 5.11 Å². The fourth-order valence-corrected chi connectivity index (χ4v) is 2.30. The molecule has 0 aromatic rings. The van der Waals surface area contributed by atoms with Crippen molar-refractivity contribution in [1.82, 2.24) is 0 Å². The van der Waals surface area contributed by atoms with E-state index in [4.69, 9.17) is 0 Å². The Labute approximate surface area is 80.8 Å². The summed E-state index contributed by atoms with van der Waals surface area (Å²) in [6, 6.07) is 0. The minimum atomic E-state index is 0.389. The van der Waals surface area contributed by atoms with E-state index in [1.807, 2.05) is 0 Å². The summed E-state index contributed by atoms with van der Waals surface area (Å²) in [5.74, 6) is 2.13. The smallest absolute Gasteiger partial charge is 0.0464 e. The van der Waals surface area contributed by atoms with Crippen LogP contribution in [0.5, 0.6) is 0 Å². The summed E-state index contributed by atoms with van der Waals surface area (Å²) in [6.07, 6.45) is 12.8. The lowest BCUT2D eigenvalue weighted by atomic mass is 9.79. The van der Waals surface area contributed by atoms with Crippen LogP contribution >= 0.6 is 0 Å². The van der Waals surface area contributed by atoms with Gasteiger partial charge in [0, 0.05) is 6.61 Å². The lowest BCUT2D eigenvalue weighted by molar-refractivity contribution is 0.157. The molecule has 2 saturated carbocycles. The predicted molar refractivity (Wildman–Crippen MR) is 54.4 cm³/mol. The molecule has 2 atom stereocenters. The molecule has 13 heavy (non-hydrogen) atoms. The second kappa shape index (κ2) is 4.28. The van der Waals surface area contributed by atoms with Gasteiger partial charge >= 0.3 is 0 Å². The lowest BCUT2D eigenvalue weighted by Crippen LogP contribution is -2.20. The number of aliphatic hydroxyl groups excluding tert-OH is 1. The van der Waals surface area contributed by atoms with E-state index in [1.54, 1.807) is 0 Å². The summed E-state index contributed by atoms with van der Waals surface area (Å²) in [4.78, 5) is 0. The summed E-state index contributed by atoms with van der Waals surface area (Å²) in [5, 5.41) is 9.21. The van der Waals surface area contributed by atoms with E-state index >= 15 is 0 Å². The molecule has 2 fully saturated rings. The molecule has 1 nitrogen and oxygen atoms in total. The predicted octanol–water partition coefficient (Wildman–Crippen LogP) is 2.75. The molecule has 0 radical (unpaired) electrons. The second-order valence-electron chi connectivity index (χ2n) is 4.61. The molecule has 2 aliphatic rings. The highest BCUT2D eigenvalue weighted by molar-refractivity contribution is 5.00. The number of hydrogen-bond donors (Lipinski definition) is 1. The van der Waals surface area contributed by atoms with Crippen molar-refractivity contribution in [3.8, 4) is 0 Å². The molecule has 0 aromatic carbocycles. The van der Waals surface area contributed by atoms with Gasteiger partial charge in [0.1, 0.15) is 0 Å². The summed E-state index contributed by atoms with van der Waals surface area (Å²) < 4.78 is 0. The lowest BCUT2D eigenvalue weighted by Gasteiger charge is -2.27. The first-order valence-corrected chi connectivity index (χ1v) is 5.69. The number of rotatable bonds is 3. The van der Waals surface area contributed by atoms with E-state index in [2.05, 4.69) is 12.2 Å². The number of hydrogen-bond acceptors (Lipinski definition) is 1. The maximum atomic E-state index is 9.21. The Morgan fingerprint density at radius 3 is 2.46 bits per heavy atom. The average Bonchev–Trinajstić information content (AvgIpc) is 2.99. The Bertz CT molecular complexity index is 182. The van der Waals surface area contributed by atoms with Crippen LogP contribution in [0.25, 0.3) is 0 Å². The van der Waals surface area contributed by atoms with E-state index in [0.29, 0.717) is 18.4 Å². The molecule has 74 valence electrons. The molecule has 0 saturated heterocycles. The van der Waals surface area contributed by atoms with Crippen molar-refractivity contribution in [3.63, 3.8) is 0 Å². The zero-order valence-electron chi connectivity index (χ0n) is 8.28. The Kier molecular flexibility index (Phi) is 3.05. The number of aliphatic hydroxyl groups is 1. The second-order valence-corrected chi connectivity index (χ2v) is 4.61. The molecule has 1 heteroatoms. The molecule has 0 aromatic heterocycles. The van der Waals surface area contributed by atoms with Gasteiger partial charge in [-0.3, -0.25) is 0 Å². The van der Waals surface area contributed by atoms with E-state index in [-0.39, 0.29) is 0 Å². The van der Waals surface area contributed by atoms with Gasteiger partial charge in [-0.2, -0.15) is 0 Å². The van der Waals surface area contributed by atoms with Crippen LogP contribution in [0.15, 0.2) is 12.2 Å². The van der Waals surface area contributed by atoms with Crippen molar-refractivity contribution in [3.05, 3.63) is 12.2 Å². The molecule has 0 aliphatic heterocycles. The highest BCUT2D eigenvalue weighted by Gasteiger charge is 2.23. The van der Waals surface area contributed by atoms with Gasteiger partial charge in [0.25, 0.3) is 0 Å². The van der Waals surface area contributed by atoms with E-state index in [9.17, 15) is 5.11 Å². The Morgan fingerprint density at radius 1 is 1.00 bits per heavy atom. The summed E-state index contributed by atoms with van der Waals surface area (Å²) >= 11 is 0. The van der Waals surface area contributed by atoms with Gasteiger partial charge in [0.15, 0.2) is 0 Å². The zero-order chi connectivity index (χ0) is 9.10. The highest BCUT2D eigenvalue weighted by Crippen LogP contribution is 2.34. The Hall–Kier alpha value is -0.300. The Balaban J connectivity index is 1.85. The Morgan fingerprint density at radius 2 is 1.77 bits per heavy atom. The normalized spacial score (nSPS) is 35.5. The van der Waals surface area contributed by atoms with Crippen molar-refractivity contribution in [2.24, 2.45) is 17.8 Å². The van der Waals surface area contributed by atoms with Crippen LogP contribution in [0.3, 0.4) is 0 Å². The fraction of sp³-hybridized carbons (Fsp3) is 0.833. The number of allylic oxidation sites excluding steroid dienone is 2. The summed E-state index contributed by atoms with van der Waals surface area (Å²) in [6.45, 7) is 0.389. The first-order chi connectivity index (χ1) is 6.40. The summed E-state index contributed by atoms with van der Waals surface area (Å²) in [5.41, 5.74) is 0. The SMILES string of the molecule is OCC1CCCCC1/C=C/C1CC1. The van der Waals surface area contributed by atoms with Crippen molar-refractivity contribution in [1.29, 1.82) is 0 Å². The molecular formula is C12H20O. The molecule has 0 amide bonds. The van der Waals surface area contributed by atoms with Crippen LogP contribution in [0.4, 0.5) is 0 Å². The van der Waals surface area contributed by atoms with Crippen LogP contribution in [-0.2, 0) is 0 Å². The quantitative estimate of drug-likeness (QED) is 0.662.